The second kappa shape index (κ2) is 8.85. The predicted octanol–water partition coefficient (Wildman–Crippen LogP) is 4.60. The Hall–Kier alpha value is -2.64. The third-order valence-corrected chi connectivity index (χ3v) is 7.91. The molecule has 0 atom stereocenters. The van der Waals surface area contributed by atoms with Gasteiger partial charge in [0.25, 0.3) is 0 Å². The zero-order valence-electron chi connectivity index (χ0n) is 17.9. The molecule has 1 aliphatic heterocycles. The Morgan fingerprint density at radius 2 is 1.84 bits per heavy atom. The highest BCUT2D eigenvalue weighted by Gasteiger charge is 2.27. The number of hydrogen-bond acceptors (Lipinski definition) is 4. The van der Waals surface area contributed by atoms with E-state index < -0.39 is 10.0 Å². The Kier molecular flexibility index (Phi) is 6.16. The lowest BCUT2D eigenvalue weighted by atomic mass is 10.0. The van der Waals surface area contributed by atoms with E-state index in [-0.39, 0.29) is 17.2 Å². The third kappa shape index (κ3) is 4.67. The van der Waals surface area contributed by atoms with Gasteiger partial charge in [-0.25, -0.2) is 8.42 Å². The second-order valence-corrected chi connectivity index (χ2v) is 10.2. The molecule has 1 aliphatic rings. The summed E-state index contributed by atoms with van der Waals surface area (Å²) >= 11 is 0. The Balaban J connectivity index is 1.43. The molecule has 2 aromatic carbocycles. The van der Waals surface area contributed by atoms with Crippen LogP contribution in [0.2, 0.25) is 0 Å². The molecule has 0 radical (unpaired) electrons. The van der Waals surface area contributed by atoms with Crippen LogP contribution in [0, 0.1) is 5.92 Å². The quantitative estimate of drug-likeness (QED) is 0.608. The zero-order valence-corrected chi connectivity index (χ0v) is 18.7. The molecule has 31 heavy (non-hydrogen) atoms. The van der Waals surface area contributed by atoms with Gasteiger partial charge in [-0.1, -0.05) is 19.9 Å². The summed E-state index contributed by atoms with van der Waals surface area (Å²) in [7, 11) is -3.49. The molecule has 6 nitrogen and oxygen atoms in total. The lowest BCUT2D eigenvalue weighted by Crippen LogP contribution is -2.37. The van der Waals surface area contributed by atoms with Gasteiger partial charge in [0.1, 0.15) is 5.58 Å². The van der Waals surface area contributed by atoms with Crippen LogP contribution in [0.15, 0.2) is 58.0 Å². The number of carbonyl (C=O) groups excluding carboxylic acids is 1. The summed E-state index contributed by atoms with van der Waals surface area (Å²) in [6.45, 7) is 5.35. The molecular formula is C24H28N2O4S. The van der Waals surface area contributed by atoms with E-state index in [9.17, 15) is 13.2 Å². The Bertz CT molecular complexity index is 1170. The summed E-state index contributed by atoms with van der Waals surface area (Å²) in [6.07, 6.45) is 4.50. The second-order valence-electron chi connectivity index (χ2n) is 8.28. The van der Waals surface area contributed by atoms with Crippen LogP contribution in [0.4, 0.5) is 5.69 Å². The van der Waals surface area contributed by atoms with E-state index in [0.29, 0.717) is 24.7 Å². The van der Waals surface area contributed by atoms with Crippen LogP contribution in [0.3, 0.4) is 0 Å². The molecular weight excluding hydrogens is 412 g/mol. The minimum Gasteiger partial charge on any atom is -0.464 e. The van der Waals surface area contributed by atoms with Crippen molar-refractivity contribution in [1.82, 2.24) is 4.31 Å². The Labute approximate surface area is 183 Å². The molecule has 0 unspecified atom stereocenters. The molecule has 1 fully saturated rings. The number of hydrogen-bond donors (Lipinski definition) is 1. The van der Waals surface area contributed by atoms with Crippen LogP contribution in [0.1, 0.15) is 37.8 Å². The first-order chi connectivity index (χ1) is 14.9. The first-order valence-corrected chi connectivity index (χ1v) is 12.2. The van der Waals surface area contributed by atoms with Gasteiger partial charge in [-0.15, -0.1) is 0 Å². The smallest absolute Gasteiger partial charge is 0.243 e. The molecule has 7 heteroatoms. The largest absolute Gasteiger partial charge is 0.464 e. The summed E-state index contributed by atoms with van der Waals surface area (Å²) in [5.74, 6) is 0.384. The lowest BCUT2D eigenvalue weighted by Gasteiger charge is -2.29. The fourth-order valence-corrected chi connectivity index (χ4v) is 5.42. The fourth-order valence-electron chi connectivity index (χ4n) is 3.95. The molecule has 0 bridgehead atoms. The lowest BCUT2D eigenvalue weighted by molar-refractivity contribution is -0.115. The van der Waals surface area contributed by atoms with Crippen LogP contribution in [-0.2, 0) is 27.7 Å². The minimum atomic E-state index is -3.49. The van der Waals surface area contributed by atoms with Gasteiger partial charge in [-0.05, 0) is 67.1 Å². The minimum absolute atomic E-state index is 0.176. The van der Waals surface area contributed by atoms with Crippen LogP contribution in [-0.4, -0.2) is 31.7 Å². The molecule has 3 aromatic rings. The number of fused-ring (bicyclic) bond motifs is 1. The highest BCUT2D eigenvalue weighted by atomic mass is 32.2. The number of furan rings is 1. The molecule has 0 spiro atoms. The first kappa shape index (κ1) is 21.6. The van der Waals surface area contributed by atoms with Crippen molar-refractivity contribution in [3.8, 4) is 0 Å². The molecule has 2 heterocycles. The summed E-state index contributed by atoms with van der Waals surface area (Å²) in [4.78, 5) is 12.8. The molecule has 1 aromatic heterocycles. The molecule has 4 rings (SSSR count). The van der Waals surface area contributed by atoms with Gasteiger partial charge >= 0.3 is 0 Å². The summed E-state index contributed by atoms with van der Waals surface area (Å²) in [5, 5.41) is 3.80. The molecule has 0 aliphatic carbocycles. The normalized spacial score (nSPS) is 15.9. The maximum Gasteiger partial charge on any atom is 0.243 e. The summed E-state index contributed by atoms with van der Waals surface area (Å²) < 4.78 is 32.8. The molecule has 1 amide bonds. The van der Waals surface area contributed by atoms with E-state index in [0.717, 1.165) is 35.8 Å². The van der Waals surface area contributed by atoms with E-state index in [1.54, 1.807) is 34.8 Å². The highest BCUT2D eigenvalue weighted by Crippen LogP contribution is 2.26. The van der Waals surface area contributed by atoms with Crippen LogP contribution in [0.25, 0.3) is 11.0 Å². The summed E-state index contributed by atoms with van der Waals surface area (Å²) in [6, 6.07) is 12.4. The van der Waals surface area contributed by atoms with E-state index in [1.165, 1.54) is 5.56 Å². The molecule has 1 saturated heterocycles. The predicted molar refractivity (Wildman–Crippen MR) is 122 cm³/mol. The number of piperidine rings is 1. The van der Waals surface area contributed by atoms with Gasteiger partial charge in [-0.3, -0.25) is 4.79 Å². The van der Waals surface area contributed by atoms with Gasteiger partial charge in [-0.2, -0.15) is 4.31 Å². The van der Waals surface area contributed by atoms with E-state index in [2.05, 4.69) is 25.2 Å². The van der Waals surface area contributed by atoms with Gasteiger partial charge in [0.05, 0.1) is 17.6 Å². The van der Waals surface area contributed by atoms with Crippen LogP contribution >= 0.6 is 0 Å². The van der Waals surface area contributed by atoms with Crippen molar-refractivity contribution in [3.05, 3.63) is 59.9 Å². The third-order valence-electron chi connectivity index (χ3n) is 6.00. The number of benzene rings is 2. The van der Waals surface area contributed by atoms with Crippen molar-refractivity contribution in [2.45, 2.75) is 44.4 Å². The average Bonchev–Trinajstić information content (AvgIpc) is 3.16. The number of carbonyl (C=O) groups is 1. The van der Waals surface area contributed by atoms with Crippen LogP contribution in [0.5, 0.6) is 0 Å². The molecule has 0 saturated carbocycles. The van der Waals surface area contributed by atoms with Crippen molar-refractivity contribution >= 4 is 32.6 Å². The zero-order chi connectivity index (χ0) is 22.0. The SMILES string of the molecule is CCc1ccc2occ(CC(=O)Nc3ccc(S(=O)(=O)N4CCC(C)CC4)cc3)c2c1. The van der Waals surface area contributed by atoms with Crippen molar-refractivity contribution in [2.75, 3.05) is 18.4 Å². The van der Waals surface area contributed by atoms with Crippen molar-refractivity contribution in [2.24, 2.45) is 5.92 Å². The Morgan fingerprint density at radius 3 is 2.52 bits per heavy atom. The first-order valence-electron chi connectivity index (χ1n) is 10.8. The maximum absolute atomic E-state index is 12.8. The Morgan fingerprint density at radius 1 is 1.13 bits per heavy atom. The number of nitrogens with one attached hydrogen (secondary N) is 1. The number of anilines is 1. The molecule has 164 valence electrons. The van der Waals surface area contributed by atoms with Gasteiger partial charge in [0.15, 0.2) is 0 Å². The number of amides is 1. The van der Waals surface area contributed by atoms with E-state index in [4.69, 9.17) is 4.42 Å². The highest BCUT2D eigenvalue weighted by molar-refractivity contribution is 7.89. The van der Waals surface area contributed by atoms with Crippen LogP contribution < -0.4 is 5.32 Å². The van der Waals surface area contributed by atoms with E-state index >= 15 is 0 Å². The standard InChI is InChI=1S/C24H28N2O4S/c1-3-18-4-9-23-22(14-18)19(16-30-23)15-24(27)25-20-5-7-21(8-6-20)31(28,29)26-12-10-17(2)11-13-26/h4-9,14,16-17H,3,10-13,15H2,1-2H3,(H,25,27). The fraction of sp³-hybridized carbons (Fsp3) is 0.375. The number of sulfonamides is 1. The number of nitrogens with zero attached hydrogens (tertiary/aromatic N) is 1. The van der Waals surface area contributed by atoms with Gasteiger partial charge in [0, 0.05) is 29.7 Å². The number of rotatable bonds is 6. The molecule has 1 N–H and O–H groups in total. The van der Waals surface area contributed by atoms with Gasteiger partial charge in [0.2, 0.25) is 15.9 Å². The average molecular weight is 441 g/mol. The van der Waals surface area contributed by atoms with E-state index in [1.807, 2.05) is 12.1 Å². The number of aryl methyl sites for hydroxylation is 1. The van der Waals surface area contributed by atoms with Crippen molar-refractivity contribution in [1.29, 1.82) is 0 Å². The summed E-state index contributed by atoms with van der Waals surface area (Å²) in [5.41, 5.74) is 3.36. The van der Waals surface area contributed by atoms with Crippen molar-refractivity contribution in [3.63, 3.8) is 0 Å². The van der Waals surface area contributed by atoms with Crippen molar-refractivity contribution < 1.29 is 17.6 Å². The monoisotopic (exact) mass is 440 g/mol. The topological polar surface area (TPSA) is 79.6 Å². The van der Waals surface area contributed by atoms with Gasteiger partial charge < -0.3 is 9.73 Å². The maximum atomic E-state index is 12.8.